The Morgan fingerprint density at radius 2 is 2.22 bits per heavy atom. The SMILES string of the molecule is CCOC(=O)CCNc1ncccc1S(C)(=O)=O. The summed E-state index contributed by atoms with van der Waals surface area (Å²) in [6.45, 7) is 2.33. The van der Waals surface area contributed by atoms with Crippen LogP contribution >= 0.6 is 0 Å². The monoisotopic (exact) mass is 272 g/mol. The van der Waals surface area contributed by atoms with E-state index in [0.29, 0.717) is 6.61 Å². The van der Waals surface area contributed by atoms with Gasteiger partial charge in [0.15, 0.2) is 9.84 Å². The lowest BCUT2D eigenvalue weighted by Crippen LogP contribution is -2.14. The van der Waals surface area contributed by atoms with Gasteiger partial charge in [-0.1, -0.05) is 0 Å². The van der Waals surface area contributed by atoms with Crippen molar-refractivity contribution in [3.63, 3.8) is 0 Å². The topological polar surface area (TPSA) is 85.4 Å². The van der Waals surface area contributed by atoms with Crippen LogP contribution in [-0.4, -0.2) is 38.8 Å². The molecule has 0 aromatic carbocycles. The molecule has 6 nitrogen and oxygen atoms in total. The molecule has 1 N–H and O–H groups in total. The van der Waals surface area contributed by atoms with Crippen LogP contribution in [0.15, 0.2) is 23.2 Å². The first-order valence-corrected chi connectivity index (χ1v) is 7.39. The lowest BCUT2D eigenvalue weighted by molar-refractivity contribution is -0.142. The highest BCUT2D eigenvalue weighted by Crippen LogP contribution is 2.17. The van der Waals surface area contributed by atoms with Crippen LogP contribution < -0.4 is 5.32 Å². The minimum Gasteiger partial charge on any atom is -0.466 e. The number of anilines is 1. The van der Waals surface area contributed by atoms with Crippen molar-refractivity contribution in [2.45, 2.75) is 18.2 Å². The van der Waals surface area contributed by atoms with Gasteiger partial charge in [0, 0.05) is 19.0 Å². The van der Waals surface area contributed by atoms with Crippen LogP contribution in [0.1, 0.15) is 13.3 Å². The number of nitrogens with zero attached hydrogens (tertiary/aromatic N) is 1. The summed E-state index contributed by atoms with van der Waals surface area (Å²) in [6, 6.07) is 3.02. The summed E-state index contributed by atoms with van der Waals surface area (Å²) in [6.07, 6.45) is 2.76. The number of hydrogen-bond acceptors (Lipinski definition) is 6. The molecule has 7 heteroatoms. The molecule has 0 bridgehead atoms. The molecular weight excluding hydrogens is 256 g/mol. The van der Waals surface area contributed by atoms with Gasteiger partial charge in [-0.05, 0) is 19.1 Å². The van der Waals surface area contributed by atoms with Gasteiger partial charge in [-0.2, -0.15) is 0 Å². The second kappa shape index (κ2) is 6.34. The van der Waals surface area contributed by atoms with Crippen molar-refractivity contribution in [1.82, 2.24) is 4.98 Å². The van der Waals surface area contributed by atoms with Gasteiger partial charge in [0.2, 0.25) is 0 Å². The Bertz CT molecular complexity index is 514. The van der Waals surface area contributed by atoms with Crippen molar-refractivity contribution in [2.24, 2.45) is 0 Å². The zero-order valence-corrected chi connectivity index (χ0v) is 11.2. The number of hydrogen-bond donors (Lipinski definition) is 1. The van der Waals surface area contributed by atoms with Gasteiger partial charge in [0.05, 0.1) is 13.0 Å². The Labute approximate surface area is 106 Å². The number of sulfone groups is 1. The van der Waals surface area contributed by atoms with Gasteiger partial charge in [-0.25, -0.2) is 13.4 Å². The number of pyridine rings is 1. The lowest BCUT2D eigenvalue weighted by atomic mass is 10.4. The molecule has 1 heterocycles. The Morgan fingerprint density at radius 1 is 1.50 bits per heavy atom. The van der Waals surface area contributed by atoms with Crippen molar-refractivity contribution in [3.05, 3.63) is 18.3 Å². The van der Waals surface area contributed by atoms with E-state index in [1.165, 1.54) is 12.3 Å². The van der Waals surface area contributed by atoms with E-state index in [9.17, 15) is 13.2 Å². The molecule has 1 aromatic rings. The summed E-state index contributed by atoms with van der Waals surface area (Å²) < 4.78 is 27.7. The van der Waals surface area contributed by atoms with E-state index in [2.05, 4.69) is 10.3 Å². The fourth-order valence-electron chi connectivity index (χ4n) is 1.34. The van der Waals surface area contributed by atoms with Crippen LogP contribution in [0.3, 0.4) is 0 Å². The van der Waals surface area contributed by atoms with Crippen LogP contribution in [0, 0.1) is 0 Å². The van der Waals surface area contributed by atoms with Gasteiger partial charge in [0.25, 0.3) is 0 Å². The molecule has 0 unspecified atom stereocenters. The highest BCUT2D eigenvalue weighted by atomic mass is 32.2. The predicted octanol–water partition coefficient (Wildman–Crippen LogP) is 0.850. The maximum atomic E-state index is 11.5. The fraction of sp³-hybridized carbons (Fsp3) is 0.455. The van der Waals surface area contributed by atoms with Crippen LogP contribution in [0.5, 0.6) is 0 Å². The molecule has 100 valence electrons. The maximum Gasteiger partial charge on any atom is 0.307 e. The van der Waals surface area contributed by atoms with Crippen molar-refractivity contribution in [1.29, 1.82) is 0 Å². The van der Waals surface area contributed by atoms with Crippen LogP contribution in [-0.2, 0) is 19.4 Å². The van der Waals surface area contributed by atoms with Gasteiger partial charge in [0.1, 0.15) is 10.7 Å². The molecule has 0 atom stereocenters. The summed E-state index contributed by atoms with van der Waals surface area (Å²) in [5.74, 6) is -0.0777. The van der Waals surface area contributed by atoms with E-state index in [4.69, 9.17) is 4.74 Å². The zero-order valence-electron chi connectivity index (χ0n) is 10.3. The Kier molecular flexibility index (Phi) is 5.08. The van der Waals surface area contributed by atoms with Crippen LogP contribution in [0.4, 0.5) is 5.82 Å². The summed E-state index contributed by atoms with van der Waals surface area (Å²) in [7, 11) is -3.34. The fourth-order valence-corrected chi connectivity index (χ4v) is 2.14. The predicted molar refractivity (Wildman–Crippen MR) is 67.1 cm³/mol. The number of ether oxygens (including phenoxy) is 1. The summed E-state index contributed by atoms with van der Waals surface area (Å²) >= 11 is 0. The molecule has 0 spiro atoms. The summed E-state index contributed by atoms with van der Waals surface area (Å²) in [5, 5.41) is 2.82. The lowest BCUT2D eigenvalue weighted by Gasteiger charge is -2.08. The number of carbonyl (C=O) groups excluding carboxylic acids is 1. The Morgan fingerprint density at radius 3 is 2.83 bits per heavy atom. The molecule has 0 aliphatic rings. The van der Waals surface area contributed by atoms with Gasteiger partial charge in [-0.15, -0.1) is 0 Å². The van der Waals surface area contributed by atoms with Crippen molar-refractivity contribution >= 4 is 21.6 Å². The molecule has 0 saturated carbocycles. The van der Waals surface area contributed by atoms with Crippen molar-refractivity contribution < 1.29 is 17.9 Å². The van der Waals surface area contributed by atoms with Gasteiger partial charge < -0.3 is 10.1 Å². The average molecular weight is 272 g/mol. The van der Waals surface area contributed by atoms with E-state index in [1.807, 2.05) is 0 Å². The maximum absolute atomic E-state index is 11.5. The number of rotatable bonds is 6. The third-order valence-electron chi connectivity index (χ3n) is 2.10. The minimum absolute atomic E-state index is 0.119. The third-order valence-corrected chi connectivity index (χ3v) is 3.23. The highest BCUT2D eigenvalue weighted by molar-refractivity contribution is 7.90. The molecule has 0 fully saturated rings. The van der Waals surface area contributed by atoms with E-state index < -0.39 is 9.84 Å². The minimum atomic E-state index is -3.34. The normalized spacial score (nSPS) is 11.0. The molecule has 0 saturated heterocycles. The molecule has 1 rings (SSSR count). The Hall–Kier alpha value is -1.63. The van der Waals surface area contributed by atoms with E-state index in [0.717, 1.165) is 6.26 Å². The first kappa shape index (κ1) is 14.4. The first-order valence-electron chi connectivity index (χ1n) is 5.49. The van der Waals surface area contributed by atoms with Crippen LogP contribution in [0.2, 0.25) is 0 Å². The second-order valence-electron chi connectivity index (χ2n) is 3.60. The summed E-state index contributed by atoms with van der Waals surface area (Å²) in [5.41, 5.74) is 0. The van der Waals surface area contributed by atoms with Gasteiger partial charge >= 0.3 is 5.97 Å². The summed E-state index contributed by atoms with van der Waals surface area (Å²) in [4.78, 5) is 15.2. The van der Waals surface area contributed by atoms with Gasteiger partial charge in [-0.3, -0.25) is 4.79 Å². The first-order chi connectivity index (χ1) is 8.45. The standard InChI is InChI=1S/C11H16N2O4S/c1-3-17-10(14)6-8-13-11-9(18(2,15)16)5-4-7-12-11/h4-5,7H,3,6,8H2,1-2H3,(H,12,13). The highest BCUT2D eigenvalue weighted by Gasteiger charge is 2.13. The number of carbonyl (C=O) groups is 1. The molecule has 0 aliphatic carbocycles. The third kappa shape index (κ3) is 4.33. The average Bonchev–Trinajstić information content (AvgIpc) is 2.28. The molecule has 0 radical (unpaired) electrons. The van der Waals surface area contributed by atoms with Crippen molar-refractivity contribution in [2.75, 3.05) is 24.7 Å². The van der Waals surface area contributed by atoms with Crippen molar-refractivity contribution in [3.8, 4) is 0 Å². The second-order valence-corrected chi connectivity index (χ2v) is 5.59. The van der Waals surface area contributed by atoms with E-state index in [1.54, 1.807) is 13.0 Å². The van der Waals surface area contributed by atoms with E-state index in [-0.39, 0.29) is 29.6 Å². The largest absolute Gasteiger partial charge is 0.466 e. The number of esters is 1. The smallest absolute Gasteiger partial charge is 0.307 e. The quantitative estimate of drug-likeness (QED) is 0.773. The molecule has 1 aromatic heterocycles. The molecule has 18 heavy (non-hydrogen) atoms. The molecule has 0 aliphatic heterocycles. The molecule has 0 amide bonds. The Balaban J connectivity index is 2.66. The zero-order chi connectivity index (χ0) is 13.6. The number of aromatic nitrogens is 1. The van der Waals surface area contributed by atoms with E-state index >= 15 is 0 Å². The molecular formula is C11H16N2O4S. The van der Waals surface area contributed by atoms with Crippen LogP contribution in [0.25, 0.3) is 0 Å². The number of nitrogens with one attached hydrogen (secondary N) is 1.